The van der Waals surface area contributed by atoms with E-state index in [4.69, 9.17) is 0 Å². The molecule has 0 radical (unpaired) electrons. The summed E-state index contributed by atoms with van der Waals surface area (Å²) >= 11 is 0. The second-order valence-electron chi connectivity index (χ2n) is 3.61. The van der Waals surface area contributed by atoms with E-state index in [1.807, 2.05) is 24.5 Å². The van der Waals surface area contributed by atoms with Crippen molar-refractivity contribution in [2.45, 2.75) is 6.92 Å². The van der Waals surface area contributed by atoms with Gasteiger partial charge in [0.05, 0.1) is 0 Å². The van der Waals surface area contributed by atoms with Gasteiger partial charge in [0.25, 0.3) is 0 Å². The van der Waals surface area contributed by atoms with E-state index in [2.05, 4.69) is 20.6 Å². The summed E-state index contributed by atoms with van der Waals surface area (Å²) in [5.41, 5.74) is 3.32. The van der Waals surface area contributed by atoms with E-state index < -0.39 is 0 Å². The summed E-state index contributed by atoms with van der Waals surface area (Å²) in [6, 6.07) is 5.50. The van der Waals surface area contributed by atoms with E-state index in [1.165, 1.54) is 4.40 Å². The third-order valence-corrected chi connectivity index (χ3v) is 2.42. The monoisotopic (exact) mass is 230 g/mol. The summed E-state index contributed by atoms with van der Waals surface area (Å²) < 4.78 is 3.18. The minimum Gasteiger partial charge on any atom is -0.278 e. The highest BCUT2D eigenvalue weighted by molar-refractivity contribution is 5.49. The number of anilines is 1. The molecule has 0 saturated carbocycles. The van der Waals surface area contributed by atoms with Crippen LogP contribution in [0.3, 0.4) is 0 Å². The van der Waals surface area contributed by atoms with Gasteiger partial charge in [0.15, 0.2) is 11.5 Å². The molecule has 3 heterocycles. The van der Waals surface area contributed by atoms with E-state index in [-0.39, 0.29) is 5.69 Å². The maximum atomic E-state index is 11.4. The summed E-state index contributed by atoms with van der Waals surface area (Å²) in [4.78, 5) is 15.7. The quantitative estimate of drug-likeness (QED) is 0.668. The van der Waals surface area contributed by atoms with Crippen LogP contribution in [0.1, 0.15) is 5.82 Å². The number of aromatic amines is 1. The molecule has 3 aromatic rings. The molecule has 0 fully saturated rings. The van der Waals surface area contributed by atoms with E-state index in [1.54, 1.807) is 17.7 Å². The number of nitrogens with one attached hydrogen (secondary N) is 2. The Kier molecular flexibility index (Phi) is 1.97. The summed E-state index contributed by atoms with van der Waals surface area (Å²) in [5.74, 6) is 1.21. The van der Waals surface area contributed by atoms with Gasteiger partial charge in [-0.2, -0.15) is 5.10 Å². The number of hydrogen-bond donors (Lipinski definition) is 2. The Balaban J connectivity index is 2.10. The Hall–Kier alpha value is -2.57. The molecule has 0 bridgehead atoms. The zero-order chi connectivity index (χ0) is 11.8. The van der Waals surface area contributed by atoms with Gasteiger partial charge >= 0.3 is 5.69 Å². The minimum atomic E-state index is -0.280. The molecule has 17 heavy (non-hydrogen) atoms. The van der Waals surface area contributed by atoms with Crippen LogP contribution in [0.5, 0.6) is 0 Å². The number of hydrogen-bond acceptors (Lipinski definition) is 4. The summed E-state index contributed by atoms with van der Waals surface area (Å²) in [6.07, 6.45) is 3.72. The summed E-state index contributed by atoms with van der Waals surface area (Å²) in [6.45, 7) is 1.75. The molecule has 0 aromatic carbocycles. The van der Waals surface area contributed by atoms with Gasteiger partial charge in [-0.05, 0) is 19.1 Å². The van der Waals surface area contributed by atoms with Crippen LogP contribution in [-0.2, 0) is 0 Å². The first kappa shape index (κ1) is 9.64. The lowest BCUT2D eigenvalue weighted by molar-refractivity contribution is 0.904. The van der Waals surface area contributed by atoms with E-state index in [9.17, 15) is 4.79 Å². The third-order valence-electron chi connectivity index (χ3n) is 2.42. The molecule has 7 heteroatoms. The molecule has 0 saturated heterocycles. The van der Waals surface area contributed by atoms with Gasteiger partial charge in [-0.3, -0.25) is 10.1 Å². The largest absolute Gasteiger partial charge is 0.349 e. The maximum Gasteiger partial charge on any atom is 0.349 e. The molecule has 0 amide bonds. The topological polar surface area (TPSA) is 80.0 Å². The Morgan fingerprint density at radius 3 is 2.88 bits per heavy atom. The van der Waals surface area contributed by atoms with Crippen molar-refractivity contribution in [3.63, 3.8) is 0 Å². The smallest absolute Gasteiger partial charge is 0.278 e. The van der Waals surface area contributed by atoms with Gasteiger partial charge in [-0.15, -0.1) is 0 Å². The van der Waals surface area contributed by atoms with Crippen molar-refractivity contribution in [1.29, 1.82) is 0 Å². The SMILES string of the molecule is Cc1nc(Nn2cccc2)cc2n[nH]c(=O)n12. The van der Waals surface area contributed by atoms with Gasteiger partial charge in [0.1, 0.15) is 5.82 Å². The normalized spacial score (nSPS) is 10.9. The van der Waals surface area contributed by atoms with Crippen LogP contribution >= 0.6 is 0 Å². The molecule has 7 nitrogen and oxygen atoms in total. The molecule has 3 rings (SSSR count). The van der Waals surface area contributed by atoms with Crippen LogP contribution in [0.2, 0.25) is 0 Å². The van der Waals surface area contributed by atoms with Crippen LogP contribution < -0.4 is 11.1 Å². The Labute approximate surface area is 95.7 Å². The maximum absolute atomic E-state index is 11.4. The van der Waals surface area contributed by atoms with Crippen LogP contribution in [0.25, 0.3) is 5.65 Å². The van der Waals surface area contributed by atoms with Crippen molar-refractivity contribution in [1.82, 2.24) is 24.3 Å². The van der Waals surface area contributed by atoms with Crippen molar-refractivity contribution in [3.8, 4) is 0 Å². The first-order valence-corrected chi connectivity index (χ1v) is 5.09. The van der Waals surface area contributed by atoms with Crippen LogP contribution in [-0.4, -0.2) is 24.3 Å². The molecule has 3 aromatic heterocycles. The fraction of sp³-hybridized carbons (Fsp3) is 0.100. The number of nitrogens with zero attached hydrogens (tertiary/aromatic N) is 4. The van der Waals surface area contributed by atoms with Crippen molar-refractivity contribution < 1.29 is 0 Å². The van der Waals surface area contributed by atoms with E-state index in [0.717, 1.165) is 0 Å². The number of aromatic nitrogens is 5. The van der Waals surface area contributed by atoms with E-state index >= 15 is 0 Å². The second kappa shape index (κ2) is 3.48. The predicted molar refractivity (Wildman–Crippen MR) is 61.8 cm³/mol. The molecule has 86 valence electrons. The molecule has 0 unspecified atom stereocenters. The first-order chi connectivity index (χ1) is 8.24. The zero-order valence-electron chi connectivity index (χ0n) is 9.08. The molecule has 2 N–H and O–H groups in total. The average molecular weight is 230 g/mol. The Bertz CT molecular complexity index is 708. The minimum absolute atomic E-state index is 0.280. The standard InChI is InChI=1S/C10H10N6O/c1-7-11-8(14-15-4-2-3-5-15)6-9-12-13-10(17)16(7)9/h2-6,14H,1H3,(H,13,17). The van der Waals surface area contributed by atoms with Gasteiger partial charge < -0.3 is 0 Å². The highest BCUT2D eigenvalue weighted by Crippen LogP contribution is 2.08. The Morgan fingerprint density at radius 2 is 2.12 bits per heavy atom. The third kappa shape index (κ3) is 1.57. The van der Waals surface area contributed by atoms with E-state index in [0.29, 0.717) is 17.3 Å². The predicted octanol–water partition coefficient (Wildman–Crippen LogP) is 0.403. The van der Waals surface area contributed by atoms with Gasteiger partial charge in [0.2, 0.25) is 0 Å². The van der Waals surface area contributed by atoms with Gasteiger partial charge in [0, 0.05) is 18.5 Å². The number of H-pyrrole nitrogens is 1. The fourth-order valence-corrected chi connectivity index (χ4v) is 1.70. The van der Waals surface area contributed by atoms with Crippen molar-refractivity contribution in [3.05, 3.63) is 46.9 Å². The van der Waals surface area contributed by atoms with Crippen molar-refractivity contribution in [2.24, 2.45) is 0 Å². The average Bonchev–Trinajstić information content (AvgIpc) is 2.89. The lowest BCUT2D eigenvalue weighted by Gasteiger charge is -2.07. The van der Waals surface area contributed by atoms with Crippen molar-refractivity contribution in [2.75, 3.05) is 5.43 Å². The molecule has 0 spiro atoms. The van der Waals surface area contributed by atoms with Crippen molar-refractivity contribution >= 4 is 11.5 Å². The lowest BCUT2D eigenvalue weighted by Crippen LogP contribution is -2.15. The van der Waals surface area contributed by atoms with Crippen LogP contribution in [0, 0.1) is 6.92 Å². The molecule has 0 aliphatic heterocycles. The Morgan fingerprint density at radius 1 is 1.35 bits per heavy atom. The molecule has 0 atom stereocenters. The number of aryl methyl sites for hydroxylation is 1. The van der Waals surface area contributed by atoms with Gasteiger partial charge in [-0.1, -0.05) is 0 Å². The fourth-order valence-electron chi connectivity index (χ4n) is 1.70. The highest BCUT2D eigenvalue weighted by atomic mass is 16.1. The first-order valence-electron chi connectivity index (χ1n) is 5.09. The molecular formula is C10H10N6O. The molecule has 0 aliphatic rings. The lowest BCUT2D eigenvalue weighted by atomic mass is 10.5. The molecule has 0 aliphatic carbocycles. The van der Waals surface area contributed by atoms with Crippen LogP contribution in [0.4, 0.5) is 5.82 Å². The molecular weight excluding hydrogens is 220 g/mol. The summed E-state index contributed by atoms with van der Waals surface area (Å²) in [7, 11) is 0. The van der Waals surface area contributed by atoms with Crippen LogP contribution in [0.15, 0.2) is 35.4 Å². The zero-order valence-corrected chi connectivity index (χ0v) is 9.08. The number of rotatable bonds is 2. The highest BCUT2D eigenvalue weighted by Gasteiger charge is 2.06. The van der Waals surface area contributed by atoms with Gasteiger partial charge in [-0.25, -0.2) is 19.3 Å². The second-order valence-corrected chi connectivity index (χ2v) is 3.61. The number of fused-ring (bicyclic) bond motifs is 1. The summed E-state index contributed by atoms with van der Waals surface area (Å²) in [5, 5.41) is 6.29.